The highest BCUT2D eigenvalue weighted by Crippen LogP contribution is 2.09. The van der Waals surface area contributed by atoms with Crippen molar-refractivity contribution in [1.29, 1.82) is 0 Å². The minimum Gasteiger partial charge on any atom is -0.366 e. The van der Waals surface area contributed by atoms with Crippen molar-refractivity contribution in [3.8, 4) is 0 Å². The molecule has 0 saturated carbocycles. The summed E-state index contributed by atoms with van der Waals surface area (Å²) in [5, 5.41) is 5.97. The molecule has 1 aromatic heterocycles. The van der Waals surface area contributed by atoms with Crippen LogP contribution in [0.1, 0.15) is 0 Å². The van der Waals surface area contributed by atoms with E-state index in [1.807, 2.05) is 0 Å². The molecule has 2 heterocycles. The van der Waals surface area contributed by atoms with Gasteiger partial charge in [-0.15, -0.1) is 0 Å². The minimum absolute atomic E-state index is 0.234. The van der Waals surface area contributed by atoms with Gasteiger partial charge in [0, 0.05) is 19.2 Å². The number of nitrogens with one attached hydrogen (secondary N) is 2. The monoisotopic (exact) mass is 242 g/mol. The Hall–Kier alpha value is -1.24. The first kappa shape index (κ1) is 11.3. The van der Waals surface area contributed by atoms with Crippen molar-refractivity contribution in [1.82, 2.24) is 15.3 Å². The number of anilines is 1. The van der Waals surface area contributed by atoms with Gasteiger partial charge in [-0.05, 0) is 0 Å². The average molecular weight is 243 g/mol. The zero-order valence-electron chi connectivity index (χ0n) is 8.44. The Bertz CT molecular complexity index is 382. The fourth-order valence-corrected chi connectivity index (χ4v) is 1.49. The lowest BCUT2D eigenvalue weighted by molar-refractivity contribution is -0.128. The Kier molecular flexibility index (Phi) is 3.66. The summed E-state index contributed by atoms with van der Waals surface area (Å²) in [6.07, 6.45) is 0.806. The van der Waals surface area contributed by atoms with E-state index in [-0.39, 0.29) is 11.1 Å². The van der Waals surface area contributed by atoms with Crippen LogP contribution in [0.3, 0.4) is 0 Å². The van der Waals surface area contributed by atoms with Crippen LogP contribution in [-0.2, 0) is 9.53 Å². The van der Waals surface area contributed by atoms with Crippen molar-refractivity contribution in [3.63, 3.8) is 0 Å². The number of carbonyl (C=O) groups excluding carboxylic acids is 1. The molecule has 7 heteroatoms. The lowest BCUT2D eigenvalue weighted by Crippen LogP contribution is -2.45. The predicted molar refractivity (Wildman–Crippen MR) is 58.3 cm³/mol. The number of ether oxygens (including phenoxy) is 1. The van der Waals surface area contributed by atoms with Crippen molar-refractivity contribution in [3.05, 3.63) is 17.5 Å². The van der Waals surface area contributed by atoms with Gasteiger partial charge in [-0.3, -0.25) is 4.79 Å². The van der Waals surface area contributed by atoms with Gasteiger partial charge < -0.3 is 15.4 Å². The first-order valence-corrected chi connectivity index (χ1v) is 5.24. The van der Waals surface area contributed by atoms with Crippen molar-refractivity contribution in [2.45, 2.75) is 6.10 Å². The van der Waals surface area contributed by atoms with Gasteiger partial charge in [0.15, 0.2) is 0 Å². The number of morpholine rings is 1. The highest BCUT2D eigenvalue weighted by molar-refractivity contribution is 6.29. The molecule has 1 aromatic rings. The number of hydrogen-bond donors (Lipinski definition) is 2. The molecule has 2 N–H and O–H groups in total. The standard InChI is InChI=1S/C9H11ClN4O2/c10-7-3-8(13-5-12-7)14-9(15)6-4-11-1-2-16-6/h3,5-6,11H,1-2,4H2,(H,12,13,14,15). The Morgan fingerprint density at radius 1 is 1.62 bits per heavy atom. The number of halogens is 1. The molecule has 0 aliphatic carbocycles. The van der Waals surface area contributed by atoms with Crippen LogP contribution in [0.15, 0.2) is 12.4 Å². The van der Waals surface area contributed by atoms with Crippen molar-refractivity contribution in [2.75, 3.05) is 25.0 Å². The Labute approximate surface area is 97.4 Å². The first-order valence-electron chi connectivity index (χ1n) is 4.86. The molecule has 2 rings (SSSR count). The molecule has 0 spiro atoms. The van der Waals surface area contributed by atoms with Crippen molar-refractivity contribution < 1.29 is 9.53 Å². The predicted octanol–water partition coefficient (Wildman–Crippen LogP) is 0.0569. The van der Waals surface area contributed by atoms with Gasteiger partial charge in [0.25, 0.3) is 5.91 Å². The van der Waals surface area contributed by atoms with E-state index < -0.39 is 6.10 Å². The molecule has 1 unspecified atom stereocenters. The third-order valence-corrected chi connectivity index (χ3v) is 2.31. The van der Waals surface area contributed by atoms with Crippen molar-refractivity contribution >= 4 is 23.3 Å². The highest BCUT2D eigenvalue weighted by Gasteiger charge is 2.21. The van der Waals surface area contributed by atoms with Gasteiger partial charge in [-0.1, -0.05) is 11.6 Å². The maximum atomic E-state index is 11.7. The van der Waals surface area contributed by atoms with Crippen molar-refractivity contribution in [2.24, 2.45) is 0 Å². The highest BCUT2D eigenvalue weighted by atomic mass is 35.5. The second-order valence-electron chi connectivity index (χ2n) is 3.28. The lowest BCUT2D eigenvalue weighted by atomic mass is 10.3. The molecule has 1 saturated heterocycles. The molecule has 0 radical (unpaired) electrons. The molecule has 1 amide bonds. The molecule has 1 aliphatic rings. The fraction of sp³-hybridized carbons (Fsp3) is 0.444. The Balaban J connectivity index is 1.96. The molecular weight excluding hydrogens is 232 g/mol. The minimum atomic E-state index is -0.484. The summed E-state index contributed by atoms with van der Waals surface area (Å²) in [7, 11) is 0. The summed E-state index contributed by atoms with van der Waals surface area (Å²) in [4.78, 5) is 19.3. The summed E-state index contributed by atoms with van der Waals surface area (Å²) >= 11 is 5.67. The summed E-state index contributed by atoms with van der Waals surface area (Å²) < 4.78 is 5.29. The number of aromatic nitrogens is 2. The third kappa shape index (κ3) is 2.88. The van der Waals surface area contributed by atoms with E-state index in [9.17, 15) is 4.79 Å². The maximum Gasteiger partial charge on any atom is 0.255 e. The third-order valence-electron chi connectivity index (χ3n) is 2.11. The van der Waals surface area contributed by atoms with E-state index in [0.717, 1.165) is 6.54 Å². The first-order chi connectivity index (χ1) is 7.75. The van der Waals surface area contributed by atoms with Gasteiger partial charge in [0.2, 0.25) is 0 Å². The van der Waals surface area contributed by atoms with Crippen LogP contribution >= 0.6 is 11.6 Å². The van der Waals surface area contributed by atoms with E-state index >= 15 is 0 Å². The van der Waals surface area contributed by atoms with E-state index in [1.165, 1.54) is 12.4 Å². The quantitative estimate of drug-likeness (QED) is 0.717. The zero-order valence-corrected chi connectivity index (χ0v) is 9.20. The number of nitrogens with zero attached hydrogens (tertiary/aromatic N) is 2. The van der Waals surface area contributed by atoms with Crippen LogP contribution in [-0.4, -0.2) is 41.7 Å². The number of carbonyl (C=O) groups is 1. The number of rotatable bonds is 2. The fourth-order valence-electron chi connectivity index (χ4n) is 1.34. The van der Waals surface area contributed by atoms with Crippen LogP contribution in [0.2, 0.25) is 5.15 Å². The van der Waals surface area contributed by atoms with Gasteiger partial charge in [-0.2, -0.15) is 0 Å². The van der Waals surface area contributed by atoms with E-state index in [4.69, 9.17) is 16.3 Å². The zero-order chi connectivity index (χ0) is 11.4. The summed E-state index contributed by atoms with van der Waals surface area (Å²) in [6.45, 7) is 1.80. The van der Waals surface area contributed by atoms with Gasteiger partial charge in [-0.25, -0.2) is 9.97 Å². The molecule has 16 heavy (non-hydrogen) atoms. The van der Waals surface area contributed by atoms with Crippen LogP contribution in [0.25, 0.3) is 0 Å². The molecule has 1 aliphatic heterocycles. The number of hydrogen-bond acceptors (Lipinski definition) is 5. The lowest BCUT2D eigenvalue weighted by Gasteiger charge is -2.22. The van der Waals surface area contributed by atoms with Crippen LogP contribution in [0.4, 0.5) is 5.82 Å². The SMILES string of the molecule is O=C(Nc1cc(Cl)ncn1)C1CNCCO1. The number of amides is 1. The average Bonchev–Trinajstić information content (AvgIpc) is 2.30. The van der Waals surface area contributed by atoms with Gasteiger partial charge >= 0.3 is 0 Å². The van der Waals surface area contributed by atoms with E-state index in [0.29, 0.717) is 19.0 Å². The second kappa shape index (κ2) is 5.20. The molecule has 1 fully saturated rings. The second-order valence-corrected chi connectivity index (χ2v) is 3.67. The summed E-state index contributed by atoms with van der Waals surface area (Å²) in [6, 6.07) is 1.48. The summed E-state index contributed by atoms with van der Waals surface area (Å²) in [5.74, 6) is 0.140. The molecule has 6 nitrogen and oxygen atoms in total. The van der Waals surface area contributed by atoms with Gasteiger partial charge in [0.05, 0.1) is 6.61 Å². The largest absolute Gasteiger partial charge is 0.366 e. The van der Waals surface area contributed by atoms with Crippen LogP contribution in [0.5, 0.6) is 0 Å². The maximum absolute atomic E-state index is 11.7. The summed E-state index contributed by atoms with van der Waals surface area (Å²) in [5.41, 5.74) is 0. The topological polar surface area (TPSA) is 76.1 Å². The normalized spacial score (nSPS) is 20.4. The van der Waals surface area contributed by atoms with Crippen LogP contribution in [0, 0.1) is 0 Å². The molecule has 0 aromatic carbocycles. The van der Waals surface area contributed by atoms with E-state index in [1.54, 1.807) is 0 Å². The molecule has 0 bridgehead atoms. The molecular formula is C9H11ClN4O2. The Morgan fingerprint density at radius 2 is 2.50 bits per heavy atom. The molecule has 1 atom stereocenters. The van der Waals surface area contributed by atoms with Gasteiger partial charge in [0.1, 0.15) is 23.4 Å². The van der Waals surface area contributed by atoms with E-state index in [2.05, 4.69) is 20.6 Å². The smallest absolute Gasteiger partial charge is 0.255 e. The Morgan fingerprint density at radius 3 is 3.19 bits per heavy atom. The molecule has 86 valence electrons. The van der Waals surface area contributed by atoms with Crippen LogP contribution < -0.4 is 10.6 Å².